The summed E-state index contributed by atoms with van der Waals surface area (Å²) in [7, 11) is 0. The normalized spacial score (nSPS) is 18.8. The first kappa shape index (κ1) is 14.1. The van der Waals surface area contributed by atoms with Crippen LogP contribution >= 0.6 is 11.6 Å². The minimum absolute atomic E-state index is 0.0119. The van der Waals surface area contributed by atoms with E-state index < -0.39 is 0 Å². The molecule has 3 rings (SSSR count). The van der Waals surface area contributed by atoms with Crippen LogP contribution < -0.4 is 10.6 Å². The highest BCUT2D eigenvalue weighted by atomic mass is 35.5. The summed E-state index contributed by atoms with van der Waals surface area (Å²) in [4.78, 5) is 10.8. The first-order chi connectivity index (χ1) is 10.1. The number of ether oxygens (including phenoxy) is 1. The number of aryl methyl sites for hydroxylation is 1. The van der Waals surface area contributed by atoms with Crippen molar-refractivity contribution in [2.24, 2.45) is 0 Å². The van der Waals surface area contributed by atoms with Gasteiger partial charge in [0.25, 0.3) is 0 Å². The smallest absolute Gasteiger partial charge is 0.227 e. The Morgan fingerprint density at radius 3 is 2.81 bits per heavy atom. The number of aromatic nitrogens is 2. The van der Waals surface area contributed by atoms with Gasteiger partial charge in [0.05, 0.1) is 13.2 Å². The SMILES string of the molecule is Cc1cnc(N2CCO[C@H](c3ccc(Cl)cc3)C2)nc1N. The first-order valence-electron chi connectivity index (χ1n) is 6.84. The fourth-order valence-electron chi connectivity index (χ4n) is 2.31. The van der Waals surface area contributed by atoms with E-state index in [0.717, 1.165) is 22.7 Å². The molecule has 1 aliphatic rings. The highest BCUT2D eigenvalue weighted by molar-refractivity contribution is 6.30. The second kappa shape index (κ2) is 5.87. The van der Waals surface area contributed by atoms with Gasteiger partial charge in [-0.2, -0.15) is 4.98 Å². The highest BCUT2D eigenvalue weighted by Gasteiger charge is 2.24. The quantitative estimate of drug-likeness (QED) is 0.924. The number of nitrogens with two attached hydrogens (primary N) is 1. The van der Waals surface area contributed by atoms with Gasteiger partial charge in [0.15, 0.2) is 0 Å². The molecule has 5 nitrogen and oxygen atoms in total. The average Bonchev–Trinajstić information content (AvgIpc) is 2.51. The van der Waals surface area contributed by atoms with Crippen molar-refractivity contribution in [3.05, 3.63) is 46.6 Å². The fourth-order valence-corrected chi connectivity index (χ4v) is 2.43. The molecule has 6 heteroatoms. The van der Waals surface area contributed by atoms with E-state index in [1.165, 1.54) is 0 Å². The molecular weight excluding hydrogens is 288 g/mol. The molecular formula is C15H17ClN4O. The van der Waals surface area contributed by atoms with Crippen molar-refractivity contribution >= 4 is 23.4 Å². The monoisotopic (exact) mass is 304 g/mol. The Bertz CT molecular complexity index is 632. The zero-order chi connectivity index (χ0) is 14.8. The molecule has 2 N–H and O–H groups in total. The summed E-state index contributed by atoms with van der Waals surface area (Å²) < 4.78 is 5.84. The lowest BCUT2D eigenvalue weighted by molar-refractivity contribution is 0.0392. The summed E-state index contributed by atoms with van der Waals surface area (Å²) in [5.74, 6) is 1.18. The Hall–Kier alpha value is -1.85. The summed E-state index contributed by atoms with van der Waals surface area (Å²) in [6, 6.07) is 7.72. The highest BCUT2D eigenvalue weighted by Crippen LogP contribution is 2.25. The minimum Gasteiger partial charge on any atom is -0.383 e. The third-order valence-corrected chi connectivity index (χ3v) is 3.84. The van der Waals surface area contributed by atoms with E-state index in [4.69, 9.17) is 22.1 Å². The lowest BCUT2D eigenvalue weighted by atomic mass is 10.1. The van der Waals surface area contributed by atoms with Crippen LogP contribution in [0.1, 0.15) is 17.2 Å². The van der Waals surface area contributed by atoms with Gasteiger partial charge in [-0.15, -0.1) is 0 Å². The molecule has 0 spiro atoms. The maximum absolute atomic E-state index is 5.92. The number of nitrogen functional groups attached to an aromatic ring is 1. The van der Waals surface area contributed by atoms with Crippen molar-refractivity contribution in [3.8, 4) is 0 Å². The Morgan fingerprint density at radius 2 is 2.10 bits per heavy atom. The number of hydrogen-bond acceptors (Lipinski definition) is 5. The van der Waals surface area contributed by atoms with Gasteiger partial charge < -0.3 is 15.4 Å². The molecule has 1 fully saturated rings. The predicted octanol–water partition coefficient (Wildman–Crippen LogP) is 2.60. The second-order valence-corrected chi connectivity index (χ2v) is 5.53. The van der Waals surface area contributed by atoms with E-state index in [9.17, 15) is 0 Å². The number of halogens is 1. The molecule has 21 heavy (non-hydrogen) atoms. The van der Waals surface area contributed by atoms with Crippen LogP contribution in [-0.4, -0.2) is 29.7 Å². The van der Waals surface area contributed by atoms with Crippen LogP contribution in [0.5, 0.6) is 0 Å². The Morgan fingerprint density at radius 1 is 1.33 bits per heavy atom. The number of morpholine rings is 1. The largest absolute Gasteiger partial charge is 0.383 e. The number of anilines is 2. The van der Waals surface area contributed by atoms with Gasteiger partial charge in [-0.25, -0.2) is 4.98 Å². The van der Waals surface area contributed by atoms with Crippen LogP contribution in [0, 0.1) is 6.92 Å². The molecule has 1 aromatic heterocycles. The van der Waals surface area contributed by atoms with Crippen molar-refractivity contribution in [1.29, 1.82) is 0 Å². The number of nitrogens with zero attached hydrogens (tertiary/aromatic N) is 3. The molecule has 0 amide bonds. The molecule has 1 aliphatic heterocycles. The van der Waals surface area contributed by atoms with Gasteiger partial charge in [-0.05, 0) is 24.6 Å². The van der Waals surface area contributed by atoms with Crippen LogP contribution in [0.25, 0.3) is 0 Å². The van der Waals surface area contributed by atoms with Crippen LogP contribution in [0.4, 0.5) is 11.8 Å². The van der Waals surface area contributed by atoms with E-state index in [0.29, 0.717) is 24.9 Å². The number of benzene rings is 1. The lowest BCUT2D eigenvalue weighted by Crippen LogP contribution is -2.39. The van der Waals surface area contributed by atoms with Gasteiger partial charge >= 0.3 is 0 Å². The molecule has 0 bridgehead atoms. The molecule has 110 valence electrons. The van der Waals surface area contributed by atoms with Crippen LogP contribution in [0.15, 0.2) is 30.5 Å². The molecule has 0 saturated carbocycles. The van der Waals surface area contributed by atoms with Gasteiger partial charge in [0.1, 0.15) is 11.9 Å². The zero-order valence-electron chi connectivity index (χ0n) is 11.8. The maximum atomic E-state index is 5.92. The third kappa shape index (κ3) is 3.09. The predicted molar refractivity (Wildman–Crippen MR) is 83.5 cm³/mol. The molecule has 1 aromatic carbocycles. The summed E-state index contributed by atoms with van der Waals surface area (Å²) >= 11 is 5.92. The van der Waals surface area contributed by atoms with Crippen LogP contribution in [0.2, 0.25) is 5.02 Å². The Labute approximate surface area is 128 Å². The zero-order valence-corrected chi connectivity index (χ0v) is 12.5. The van der Waals surface area contributed by atoms with Crippen molar-refractivity contribution in [2.45, 2.75) is 13.0 Å². The molecule has 1 atom stereocenters. The van der Waals surface area contributed by atoms with Crippen molar-refractivity contribution in [3.63, 3.8) is 0 Å². The Kier molecular flexibility index (Phi) is 3.94. The first-order valence-corrected chi connectivity index (χ1v) is 7.22. The minimum atomic E-state index is -0.0119. The van der Waals surface area contributed by atoms with Crippen LogP contribution in [-0.2, 0) is 4.74 Å². The standard InChI is InChI=1S/C15H17ClN4O/c1-10-8-18-15(19-14(10)17)20-6-7-21-13(9-20)11-2-4-12(16)5-3-11/h2-5,8,13H,6-7,9H2,1H3,(H2,17,18,19)/t13-/m0/s1. The van der Waals surface area contributed by atoms with E-state index in [1.54, 1.807) is 6.20 Å². The van der Waals surface area contributed by atoms with Gasteiger partial charge in [0, 0.05) is 23.3 Å². The second-order valence-electron chi connectivity index (χ2n) is 5.10. The van der Waals surface area contributed by atoms with E-state index in [-0.39, 0.29) is 6.10 Å². The molecule has 2 aromatic rings. The molecule has 0 aliphatic carbocycles. The van der Waals surface area contributed by atoms with Gasteiger partial charge in [0.2, 0.25) is 5.95 Å². The molecule has 0 radical (unpaired) electrons. The summed E-state index contributed by atoms with van der Waals surface area (Å²) in [6.07, 6.45) is 1.74. The van der Waals surface area contributed by atoms with E-state index >= 15 is 0 Å². The van der Waals surface area contributed by atoms with Gasteiger partial charge in [-0.3, -0.25) is 0 Å². The van der Waals surface area contributed by atoms with Crippen molar-refractivity contribution in [1.82, 2.24) is 9.97 Å². The fraction of sp³-hybridized carbons (Fsp3) is 0.333. The number of rotatable bonds is 2. The molecule has 2 heterocycles. The van der Waals surface area contributed by atoms with Gasteiger partial charge in [-0.1, -0.05) is 23.7 Å². The maximum Gasteiger partial charge on any atom is 0.227 e. The summed E-state index contributed by atoms with van der Waals surface area (Å²) in [5.41, 5.74) is 7.86. The molecule has 1 saturated heterocycles. The van der Waals surface area contributed by atoms with E-state index in [2.05, 4.69) is 14.9 Å². The summed E-state index contributed by atoms with van der Waals surface area (Å²) in [6.45, 7) is 3.98. The van der Waals surface area contributed by atoms with Crippen molar-refractivity contribution < 1.29 is 4.74 Å². The van der Waals surface area contributed by atoms with Crippen molar-refractivity contribution in [2.75, 3.05) is 30.3 Å². The average molecular weight is 305 g/mol. The lowest BCUT2D eigenvalue weighted by Gasteiger charge is -2.33. The molecule has 0 unspecified atom stereocenters. The number of hydrogen-bond donors (Lipinski definition) is 1. The topological polar surface area (TPSA) is 64.3 Å². The summed E-state index contributed by atoms with van der Waals surface area (Å²) in [5, 5.41) is 0.723. The third-order valence-electron chi connectivity index (χ3n) is 3.59. The van der Waals surface area contributed by atoms with Crippen LogP contribution in [0.3, 0.4) is 0 Å². The van der Waals surface area contributed by atoms with E-state index in [1.807, 2.05) is 31.2 Å². The Balaban J connectivity index is 1.79.